The normalized spacial score (nSPS) is 11.9. The average molecular weight is 390 g/mol. The summed E-state index contributed by atoms with van der Waals surface area (Å²) < 4.78 is 28.1. The van der Waals surface area contributed by atoms with E-state index in [1.807, 2.05) is 60.5 Å². The Balaban J connectivity index is 1.96. The molecule has 0 heterocycles. The molecule has 2 rings (SSSR count). The maximum atomic E-state index is 11.4. The molecule has 0 bridgehead atoms. The van der Waals surface area contributed by atoms with Crippen LogP contribution in [-0.4, -0.2) is 46.7 Å². The lowest BCUT2D eigenvalue weighted by atomic mass is 10.1. The quantitative estimate of drug-likeness (QED) is 0.582. The number of para-hydroxylation sites is 1. The van der Waals surface area contributed by atoms with E-state index < -0.39 is 9.84 Å². The summed E-state index contributed by atoms with van der Waals surface area (Å²) in [5, 5.41) is 3.33. The Kier molecular flexibility index (Phi) is 7.24. The van der Waals surface area contributed by atoms with E-state index in [0.717, 1.165) is 28.4 Å². The first-order chi connectivity index (χ1) is 12.8. The first kappa shape index (κ1) is 20.8. The highest BCUT2D eigenvalue weighted by atomic mass is 32.2. The minimum absolute atomic E-state index is 0.0595. The van der Waals surface area contributed by atoms with Crippen molar-refractivity contribution in [3.63, 3.8) is 0 Å². The van der Waals surface area contributed by atoms with Crippen molar-refractivity contribution >= 4 is 15.8 Å². The Hall–Kier alpha value is -2.54. The smallest absolute Gasteiger partial charge is 0.193 e. The van der Waals surface area contributed by atoms with E-state index in [0.29, 0.717) is 13.1 Å². The van der Waals surface area contributed by atoms with Gasteiger partial charge in [-0.25, -0.2) is 8.42 Å². The highest BCUT2D eigenvalue weighted by Crippen LogP contribution is 2.18. The molecule has 0 atom stereocenters. The van der Waals surface area contributed by atoms with E-state index in [1.54, 1.807) is 14.2 Å². The summed E-state index contributed by atoms with van der Waals surface area (Å²) in [5.41, 5.74) is 2.92. The number of benzene rings is 2. The van der Waals surface area contributed by atoms with Crippen molar-refractivity contribution in [2.75, 3.05) is 27.5 Å². The van der Waals surface area contributed by atoms with E-state index in [1.165, 1.54) is 6.26 Å². The van der Waals surface area contributed by atoms with Gasteiger partial charge in [-0.15, -0.1) is 0 Å². The number of ether oxygens (including phenoxy) is 1. The molecule has 6 nitrogen and oxygen atoms in total. The van der Waals surface area contributed by atoms with Gasteiger partial charge in [0, 0.05) is 39.0 Å². The fraction of sp³-hybridized carbons (Fsp3) is 0.350. The van der Waals surface area contributed by atoms with E-state index in [9.17, 15) is 8.42 Å². The monoisotopic (exact) mass is 389 g/mol. The van der Waals surface area contributed by atoms with Crippen LogP contribution >= 0.6 is 0 Å². The summed E-state index contributed by atoms with van der Waals surface area (Å²) in [6.45, 7) is 1.26. The zero-order valence-corrected chi connectivity index (χ0v) is 17.1. The van der Waals surface area contributed by atoms with E-state index >= 15 is 0 Å². The molecule has 2 aromatic rings. The van der Waals surface area contributed by atoms with Crippen LogP contribution in [0.25, 0.3) is 0 Å². The van der Waals surface area contributed by atoms with Gasteiger partial charge in [0.25, 0.3) is 0 Å². The Labute approximate surface area is 161 Å². The van der Waals surface area contributed by atoms with Crippen LogP contribution in [0.15, 0.2) is 53.5 Å². The van der Waals surface area contributed by atoms with Gasteiger partial charge in [0.1, 0.15) is 5.75 Å². The van der Waals surface area contributed by atoms with Crippen LogP contribution in [0.1, 0.15) is 16.7 Å². The summed E-state index contributed by atoms with van der Waals surface area (Å²) in [6.07, 6.45) is 1.24. The lowest BCUT2D eigenvalue weighted by molar-refractivity contribution is 0.396. The van der Waals surface area contributed by atoms with Gasteiger partial charge in [0.05, 0.1) is 12.9 Å². The van der Waals surface area contributed by atoms with E-state index in [2.05, 4.69) is 10.3 Å². The van der Waals surface area contributed by atoms with Gasteiger partial charge in [-0.1, -0.05) is 42.5 Å². The number of hydrogen-bond donors (Lipinski definition) is 1. The van der Waals surface area contributed by atoms with Crippen molar-refractivity contribution in [2.24, 2.45) is 4.99 Å². The molecule has 0 aliphatic carbocycles. The lowest BCUT2D eigenvalue weighted by Gasteiger charge is -2.23. The van der Waals surface area contributed by atoms with E-state index in [4.69, 9.17) is 4.74 Å². The second kappa shape index (κ2) is 9.41. The minimum Gasteiger partial charge on any atom is -0.496 e. The molecule has 0 radical (unpaired) electrons. The molecule has 27 heavy (non-hydrogen) atoms. The molecule has 0 spiro atoms. The fourth-order valence-corrected chi connectivity index (χ4v) is 3.58. The van der Waals surface area contributed by atoms with Crippen LogP contribution in [0.4, 0.5) is 0 Å². The van der Waals surface area contributed by atoms with Crippen LogP contribution in [0.3, 0.4) is 0 Å². The third kappa shape index (κ3) is 6.60. The Morgan fingerprint density at radius 1 is 1.11 bits per heavy atom. The van der Waals surface area contributed by atoms with Gasteiger partial charge >= 0.3 is 0 Å². The van der Waals surface area contributed by atoms with Crippen LogP contribution in [0.2, 0.25) is 0 Å². The van der Waals surface area contributed by atoms with Gasteiger partial charge in [-0.05, 0) is 17.2 Å². The predicted molar refractivity (Wildman–Crippen MR) is 110 cm³/mol. The second-order valence-corrected chi connectivity index (χ2v) is 8.60. The molecular weight excluding hydrogens is 362 g/mol. The van der Waals surface area contributed by atoms with Crippen LogP contribution in [0.5, 0.6) is 5.75 Å². The molecule has 0 saturated carbocycles. The molecule has 0 amide bonds. The van der Waals surface area contributed by atoms with Crippen molar-refractivity contribution in [1.29, 1.82) is 0 Å². The van der Waals surface area contributed by atoms with Crippen molar-refractivity contribution < 1.29 is 13.2 Å². The average Bonchev–Trinajstić information content (AvgIpc) is 2.63. The van der Waals surface area contributed by atoms with Gasteiger partial charge in [-0.3, -0.25) is 4.99 Å². The van der Waals surface area contributed by atoms with Crippen LogP contribution in [0, 0.1) is 0 Å². The standard InChI is InChI=1S/C20H27N3O3S/c1-21-20(23(2)14-18-7-5-6-8-19(18)26-3)22-13-16-9-11-17(12-10-16)15-27(4,24)25/h5-12H,13-15H2,1-4H3,(H,21,22). The molecule has 0 aliphatic heterocycles. The van der Waals surface area contributed by atoms with Crippen molar-refractivity contribution in [2.45, 2.75) is 18.8 Å². The van der Waals surface area contributed by atoms with Gasteiger partial charge in [0.2, 0.25) is 0 Å². The summed E-state index contributed by atoms with van der Waals surface area (Å²) in [5.74, 6) is 1.67. The lowest BCUT2D eigenvalue weighted by Crippen LogP contribution is -2.38. The van der Waals surface area contributed by atoms with Crippen molar-refractivity contribution in [3.05, 3.63) is 65.2 Å². The molecule has 146 valence electrons. The molecule has 1 N–H and O–H groups in total. The molecule has 0 fully saturated rings. The molecule has 0 aliphatic rings. The minimum atomic E-state index is -3.02. The van der Waals surface area contributed by atoms with Gasteiger partial charge in [-0.2, -0.15) is 0 Å². The summed E-state index contributed by atoms with van der Waals surface area (Å²) in [6, 6.07) is 15.5. The summed E-state index contributed by atoms with van der Waals surface area (Å²) >= 11 is 0. The first-order valence-corrected chi connectivity index (χ1v) is 10.7. The number of sulfone groups is 1. The number of guanidine groups is 1. The SMILES string of the molecule is CN=C(NCc1ccc(CS(C)(=O)=O)cc1)N(C)Cc1ccccc1OC. The fourth-order valence-electron chi connectivity index (χ4n) is 2.79. The molecule has 2 aromatic carbocycles. The maximum absolute atomic E-state index is 11.4. The topological polar surface area (TPSA) is 71.0 Å². The zero-order valence-electron chi connectivity index (χ0n) is 16.3. The largest absolute Gasteiger partial charge is 0.496 e. The molecule has 7 heteroatoms. The Morgan fingerprint density at radius 3 is 2.33 bits per heavy atom. The highest BCUT2D eigenvalue weighted by Gasteiger charge is 2.10. The Morgan fingerprint density at radius 2 is 1.74 bits per heavy atom. The van der Waals surface area contributed by atoms with Crippen LogP contribution < -0.4 is 10.1 Å². The third-order valence-electron chi connectivity index (χ3n) is 4.08. The molecular formula is C20H27N3O3S. The molecule has 0 saturated heterocycles. The third-order valence-corrected chi connectivity index (χ3v) is 4.93. The number of rotatable bonds is 7. The molecule has 0 unspecified atom stereocenters. The van der Waals surface area contributed by atoms with Crippen molar-refractivity contribution in [3.8, 4) is 5.75 Å². The predicted octanol–water partition coefficient (Wildman–Crippen LogP) is 2.45. The maximum Gasteiger partial charge on any atom is 0.193 e. The highest BCUT2D eigenvalue weighted by molar-refractivity contribution is 7.89. The molecule has 0 aromatic heterocycles. The number of aliphatic imine (C=N–C) groups is 1. The van der Waals surface area contributed by atoms with E-state index in [-0.39, 0.29) is 5.75 Å². The van der Waals surface area contributed by atoms with Crippen molar-refractivity contribution in [1.82, 2.24) is 10.2 Å². The zero-order chi connectivity index (χ0) is 19.9. The number of hydrogen-bond acceptors (Lipinski definition) is 4. The summed E-state index contributed by atoms with van der Waals surface area (Å²) in [7, 11) is 2.36. The van der Waals surface area contributed by atoms with Gasteiger partial charge < -0.3 is 15.0 Å². The second-order valence-electron chi connectivity index (χ2n) is 6.46. The van der Waals surface area contributed by atoms with Crippen LogP contribution in [-0.2, 0) is 28.7 Å². The number of methoxy groups -OCH3 is 1. The first-order valence-electron chi connectivity index (χ1n) is 8.61. The number of nitrogens with one attached hydrogen (secondary N) is 1. The van der Waals surface area contributed by atoms with Gasteiger partial charge in [0.15, 0.2) is 15.8 Å². The Bertz CT molecular complexity index is 878. The number of nitrogens with zero attached hydrogens (tertiary/aromatic N) is 2. The summed E-state index contributed by atoms with van der Waals surface area (Å²) in [4.78, 5) is 6.36.